The van der Waals surface area contributed by atoms with Crippen molar-refractivity contribution < 1.29 is 14.3 Å². The summed E-state index contributed by atoms with van der Waals surface area (Å²) in [6.07, 6.45) is 1.75. The molecular weight excluding hydrogens is 408 g/mol. The van der Waals surface area contributed by atoms with E-state index in [2.05, 4.69) is 16.4 Å². The predicted molar refractivity (Wildman–Crippen MR) is 124 cm³/mol. The predicted octanol–water partition coefficient (Wildman–Crippen LogP) is 4.97. The second kappa shape index (κ2) is 9.45. The van der Waals surface area contributed by atoms with Crippen LogP contribution >= 0.6 is 11.8 Å². The van der Waals surface area contributed by atoms with Crippen LogP contribution in [0.4, 0.5) is 0 Å². The Kier molecular flexibility index (Phi) is 6.29. The number of thioether (sulfide) groups is 1. The molecule has 1 heterocycles. The molecule has 0 aliphatic carbocycles. The largest absolute Gasteiger partial charge is 0.488 e. The molecule has 154 valence electrons. The monoisotopic (exact) mass is 428 g/mol. The van der Waals surface area contributed by atoms with Gasteiger partial charge in [0.2, 0.25) is 0 Å². The summed E-state index contributed by atoms with van der Waals surface area (Å²) in [4.78, 5) is 29.2. The average molecular weight is 429 g/mol. The molecule has 1 fully saturated rings. The third-order valence-corrected chi connectivity index (χ3v) is 5.47. The number of nitrogens with zero attached hydrogens (tertiary/aromatic N) is 1. The lowest BCUT2D eigenvalue weighted by Crippen LogP contribution is -2.20. The van der Waals surface area contributed by atoms with Gasteiger partial charge in [0, 0.05) is 11.1 Å². The van der Waals surface area contributed by atoms with Crippen LogP contribution in [-0.2, 0) is 11.4 Å². The van der Waals surface area contributed by atoms with E-state index in [4.69, 9.17) is 4.74 Å². The lowest BCUT2D eigenvalue weighted by Gasteiger charge is -2.10. The van der Waals surface area contributed by atoms with Crippen LogP contribution in [0.2, 0.25) is 0 Å². The van der Waals surface area contributed by atoms with Gasteiger partial charge in [-0.2, -0.15) is 4.99 Å². The number of amidine groups is 1. The van der Waals surface area contributed by atoms with Crippen LogP contribution in [0.1, 0.15) is 27.0 Å². The van der Waals surface area contributed by atoms with Crippen LogP contribution in [0.15, 0.2) is 88.8 Å². The molecule has 3 aromatic carbocycles. The molecular formula is C25H20N2O3S. The third kappa shape index (κ3) is 5.29. The summed E-state index contributed by atoms with van der Waals surface area (Å²) in [5.74, 6) is -0.0136. The molecule has 0 bridgehead atoms. The van der Waals surface area contributed by atoms with E-state index in [1.165, 1.54) is 5.56 Å². The van der Waals surface area contributed by atoms with E-state index >= 15 is 0 Å². The molecule has 4 rings (SSSR count). The van der Waals surface area contributed by atoms with Crippen molar-refractivity contribution in [1.29, 1.82) is 0 Å². The van der Waals surface area contributed by atoms with E-state index in [1.807, 2.05) is 55.5 Å². The van der Waals surface area contributed by atoms with E-state index < -0.39 is 5.91 Å². The topological polar surface area (TPSA) is 67.8 Å². The molecule has 0 aromatic heterocycles. The second-order valence-corrected chi connectivity index (χ2v) is 8.00. The Labute approximate surface area is 184 Å². The van der Waals surface area contributed by atoms with Crippen molar-refractivity contribution in [3.63, 3.8) is 0 Å². The minimum atomic E-state index is -0.397. The second-order valence-electron chi connectivity index (χ2n) is 6.97. The number of para-hydroxylation sites is 1. The number of amides is 2. The number of aliphatic imine (C=N–C) groups is 1. The van der Waals surface area contributed by atoms with Gasteiger partial charge in [-0.05, 0) is 48.5 Å². The number of carbonyl (C=O) groups excluding carboxylic acids is 2. The summed E-state index contributed by atoms with van der Waals surface area (Å²) < 4.78 is 6.00. The minimum absolute atomic E-state index is 0.267. The molecule has 3 aromatic rings. The van der Waals surface area contributed by atoms with Crippen molar-refractivity contribution in [1.82, 2.24) is 5.32 Å². The molecule has 1 aliphatic heterocycles. The number of hydrogen-bond donors (Lipinski definition) is 1. The standard InChI is InChI=1S/C25H20N2O3S/c1-17-8-7-9-18(14-17)16-30-21-13-6-5-12-20(21)15-22-24(29)27-25(31-22)26-23(28)19-10-3-2-4-11-19/h2-15H,16H2,1H3,(H,26,27,28,29)/b22-15-. The van der Waals surface area contributed by atoms with E-state index in [0.29, 0.717) is 22.8 Å². The van der Waals surface area contributed by atoms with Crippen molar-refractivity contribution >= 4 is 34.8 Å². The smallest absolute Gasteiger partial charge is 0.279 e. The van der Waals surface area contributed by atoms with Crippen LogP contribution in [0.25, 0.3) is 6.08 Å². The number of benzene rings is 3. The molecule has 0 radical (unpaired) electrons. The van der Waals surface area contributed by atoms with Gasteiger partial charge in [0.15, 0.2) is 5.17 Å². The van der Waals surface area contributed by atoms with Crippen LogP contribution in [0.5, 0.6) is 5.75 Å². The Hall–Kier alpha value is -3.64. The molecule has 31 heavy (non-hydrogen) atoms. The number of rotatable bonds is 5. The Balaban J connectivity index is 1.50. The molecule has 6 heteroatoms. The minimum Gasteiger partial charge on any atom is -0.488 e. The van der Waals surface area contributed by atoms with Gasteiger partial charge in [-0.1, -0.05) is 66.2 Å². The maximum absolute atomic E-state index is 12.4. The fourth-order valence-corrected chi connectivity index (χ4v) is 3.86. The lowest BCUT2D eigenvalue weighted by atomic mass is 10.1. The number of nitrogens with one attached hydrogen (secondary N) is 1. The Morgan fingerprint density at radius 1 is 1.03 bits per heavy atom. The number of ether oxygens (including phenoxy) is 1. The summed E-state index contributed by atoms with van der Waals surface area (Å²) in [5.41, 5.74) is 3.50. The average Bonchev–Trinajstić information content (AvgIpc) is 3.12. The first-order chi connectivity index (χ1) is 15.1. The van der Waals surface area contributed by atoms with E-state index in [9.17, 15) is 9.59 Å². The van der Waals surface area contributed by atoms with Gasteiger partial charge in [-0.3, -0.25) is 9.59 Å². The van der Waals surface area contributed by atoms with Gasteiger partial charge >= 0.3 is 0 Å². The molecule has 5 nitrogen and oxygen atoms in total. The fraction of sp³-hybridized carbons (Fsp3) is 0.0800. The van der Waals surface area contributed by atoms with Gasteiger partial charge in [0.1, 0.15) is 12.4 Å². The highest BCUT2D eigenvalue weighted by Crippen LogP contribution is 2.30. The Bertz CT molecular complexity index is 1190. The summed E-state index contributed by atoms with van der Waals surface area (Å²) in [6.45, 7) is 2.47. The van der Waals surface area contributed by atoms with Crippen molar-refractivity contribution in [2.45, 2.75) is 13.5 Å². The molecule has 1 saturated heterocycles. The first-order valence-corrected chi connectivity index (χ1v) is 10.6. The molecule has 1 N–H and O–H groups in total. The first kappa shape index (κ1) is 20.6. The van der Waals surface area contributed by atoms with Crippen molar-refractivity contribution in [2.24, 2.45) is 4.99 Å². The van der Waals surface area contributed by atoms with Gasteiger partial charge in [0.05, 0.1) is 4.91 Å². The normalized spacial score (nSPS) is 15.8. The molecule has 0 unspecified atom stereocenters. The van der Waals surface area contributed by atoms with Crippen LogP contribution < -0.4 is 10.1 Å². The highest BCUT2D eigenvalue weighted by molar-refractivity contribution is 8.18. The molecule has 0 atom stereocenters. The lowest BCUT2D eigenvalue weighted by molar-refractivity contribution is -0.115. The summed E-state index contributed by atoms with van der Waals surface area (Å²) >= 11 is 1.14. The van der Waals surface area contributed by atoms with Gasteiger partial charge < -0.3 is 10.1 Å². The van der Waals surface area contributed by atoms with E-state index in [0.717, 1.165) is 22.9 Å². The number of hydrogen-bond acceptors (Lipinski definition) is 4. The zero-order chi connectivity index (χ0) is 21.6. The van der Waals surface area contributed by atoms with Crippen LogP contribution in [0.3, 0.4) is 0 Å². The molecule has 1 aliphatic rings. The SMILES string of the molecule is Cc1cccc(COc2ccccc2/C=C2\SC(=NC(=O)c3ccccc3)NC2=O)c1. The van der Waals surface area contributed by atoms with Crippen molar-refractivity contribution in [2.75, 3.05) is 0 Å². The molecule has 0 saturated carbocycles. The highest BCUT2D eigenvalue weighted by atomic mass is 32.2. The molecule has 2 amide bonds. The van der Waals surface area contributed by atoms with Gasteiger partial charge in [-0.15, -0.1) is 0 Å². The van der Waals surface area contributed by atoms with E-state index in [1.54, 1.807) is 30.3 Å². The molecule has 0 spiro atoms. The van der Waals surface area contributed by atoms with Crippen molar-refractivity contribution in [3.05, 3.63) is 106 Å². The zero-order valence-corrected chi connectivity index (χ0v) is 17.7. The Morgan fingerprint density at radius 2 is 1.81 bits per heavy atom. The number of carbonyl (C=O) groups is 2. The highest BCUT2D eigenvalue weighted by Gasteiger charge is 2.25. The third-order valence-electron chi connectivity index (χ3n) is 4.56. The quantitative estimate of drug-likeness (QED) is 0.583. The fourth-order valence-electron chi connectivity index (χ4n) is 3.05. The van der Waals surface area contributed by atoms with Crippen molar-refractivity contribution in [3.8, 4) is 5.75 Å². The van der Waals surface area contributed by atoms with Gasteiger partial charge in [0.25, 0.3) is 11.8 Å². The summed E-state index contributed by atoms with van der Waals surface area (Å²) in [5, 5.41) is 2.92. The maximum Gasteiger partial charge on any atom is 0.279 e. The summed E-state index contributed by atoms with van der Waals surface area (Å²) in [7, 11) is 0. The van der Waals surface area contributed by atoms with Crippen LogP contribution in [-0.4, -0.2) is 17.0 Å². The van der Waals surface area contributed by atoms with Crippen LogP contribution in [0, 0.1) is 6.92 Å². The van der Waals surface area contributed by atoms with E-state index in [-0.39, 0.29) is 11.1 Å². The summed E-state index contributed by atoms with van der Waals surface area (Å²) in [6, 6.07) is 24.4. The zero-order valence-electron chi connectivity index (χ0n) is 16.9. The first-order valence-electron chi connectivity index (χ1n) is 9.75. The maximum atomic E-state index is 12.4. The number of aryl methyl sites for hydroxylation is 1. The Morgan fingerprint density at radius 3 is 2.61 bits per heavy atom. The van der Waals surface area contributed by atoms with Gasteiger partial charge in [-0.25, -0.2) is 0 Å².